The Morgan fingerprint density at radius 2 is 1.52 bits per heavy atom. The smallest absolute Gasteiger partial charge is 0.335 e. The van der Waals surface area contributed by atoms with Crippen molar-refractivity contribution in [2.75, 3.05) is 13.1 Å². The number of carboxylic acid groups (broad SMARTS) is 1. The van der Waals surface area contributed by atoms with E-state index in [9.17, 15) is 24.6 Å². The summed E-state index contributed by atoms with van der Waals surface area (Å²) in [6, 6.07) is 20.7. The number of amides is 2. The van der Waals surface area contributed by atoms with Gasteiger partial charge in [-0.05, 0) is 72.4 Å². The highest BCUT2D eigenvalue weighted by atomic mass is 35.5. The number of likely N-dealkylation sites (tertiary alicyclic amines) is 1. The second kappa shape index (κ2) is 11.9. The Kier molecular flexibility index (Phi) is 8.44. The number of aromatic carboxylic acids is 1. The average molecular weight is 589 g/mol. The fourth-order valence-electron chi connectivity index (χ4n) is 6.53. The van der Waals surface area contributed by atoms with Crippen LogP contribution >= 0.6 is 11.6 Å². The van der Waals surface area contributed by atoms with E-state index in [1.807, 2.05) is 43.0 Å². The maximum atomic E-state index is 13.9. The van der Waals surface area contributed by atoms with Crippen LogP contribution < -0.4 is 5.32 Å². The van der Waals surface area contributed by atoms with Crippen molar-refractivity contribution >= 4 is 29.4 Å². The van der Waals surface area contributed by atoms with Gasteiger partial charge in [0.15, 0.2) is 0 Å². The molecule has 1 heterocycles. The standard InChI is InChI=1S/C34H37ClN2O5/c1-33(2)21-37(18-17-34(33,42)26-13-15-27(35)16-14-26)31(39)28-11-3-4-12-29(28)36-30(38)24-9-5-7-22(19-24)23-8-6-10-25(20-23)32(40)41/h5-10,13-16,19-20,28-29,42H,3-4,11-12,17-18,21H2,1-2H3,(H,36,38)(H,40,41). The Bertz CT molecular complexity index is 1490. The minimum atomic E-state index is -1.09. The van der Waals surface area contributed by atoms with E-state index in [4.69, 9.17) is 11.6 Å². The van der Waals surface area contributed by atoms with Crippen LogP contribution in [0.2, 0.25) is 5.02 Å². The molecule has 1 saturated carbocycles. The summed E-state index contributed by atoms with van der Waals surface area (Å²) in [5.41, 5.74) is 1.19. The fraction of sp³-hybridized carbons (Fsp3) is 0.382. The summed E-state index contributed by atoms with van der Waals surface area (Å²) in [6.07, 6.45) is 3.67. The van der Waals surface area contributed by atoms with Gasteiger partial charge in [-0.1, -0.05) is 74.7 Å². The van der Waals surface area contributed by atoms with E-state index in [0.29, 0.717) is 48.5 Å². The predicted octanol–water partition coefficient (Wildman–Crippen LogP) is 6.14. The summed E-state index contributed by atoms with van der Waals surface area (Å²) in [6.45, 7) is 4.80. The van der Waals surface area contributed by atoms with Gasteiger partial charge in [0.05, 0.1) is 17.1 Å². The van der Waals surface area contributed by atoms with E-state index in [1.165, 1.54) is 6.07 Å². The van der Waals surface area contributed by atoms with Crippen molar-refractivity contribution in [3.05, 3.63) is 94.5 Å². The van der Waals surface area contributed by atoms with Crippen LogP contribution in [0.5, 0.6) is 0 Å². The van der Waals surface area contributed by atoms with E-state index < -0.39 is 17.0 Å². The molecule has 3 aromatic carbocycles. The molecule has 0 bridgehead atoms. The molecule has 3 aromatic rings. The topological polar surface area (TPSA) is 107 Å². The van der Waals surface area contributed by atoms with Crippen LogP contribution in [-0.2, 0) is 10.4 Å². The van der Waals surface area contributed by atoms with Crippen LogP contribution in [0.25, 0.3) is 11.1 Å². The zero-order valence-corrected chi connectivity index (χ0v) is 24.7. The summed E-state index contributed by atoms with van der Waals surface area (Å²) < 4.78 is 0. The molecule has 2 aliphatic rings. The van der Waals surface area contributed by atoms with Gasteiger partial charge < -0.3 is 20.4 Å². The number of benzene rings is 3. The predicted molar refractivity (Wildman–Crippen MR) is 162 cm³/mol. The Morgan fingerprint density at radius 1 is 0.905 bits per heavy atom. The molecule has 5 rings (SSSR count). The van der Waals surface area contributed by atoms with E-state index in [0.717, 1.165) is 24.0 Å². The number of carbonyl (C=O) groups is 3. The largest absolute Gasteiger partial charge is 0.478 e. The number of hydrogen-bond donors (Lipinski definition) is 3. The van der Waals surface area contributed by atoms with Crippen molar-refractivity contribution in [3.8, 4) is 11.1 Å². The highest BCUT2D eigenvalue weighted by Crippen LogP contribution is 2.46. The van der Waals surface area contributed by atoms with Crippen molar-refractivity contribution in [3.63, 3.8) is 0 Å². The summed E-state index contributed by atoms with van der Waals surface area (Å²) in [5, 5.41) is 24.8. The Balaban J connectivity index is 1.29. The molecular formula is C34H37ClN2O5. The van der Waals surface area contributed by atoms with Crippen LogP contribution in [0.1, 0.15) is 72.2 Å². The molecular weight excluding hydrogens is 552 g/mol. The molecule has 2 fully saturated rings. The number of nitrogens with zero attached hydrogens (tertiary/aromatic N) is 1. The Hall–Kier alpha value is -3.68. The molecule has 220 valence electrons. The quantitative estimate of drug-likeness (QED) is 0.321. The molecule has 42 heavy (non-hydrogen) atoms. The maximum Gasteiger partial charge on any atom is 0.335 e. The van der Waals surface area contributed by atoms with Crippen LogP contribution in [0.4, 0.5) is 0 Å². The Morgan fingerprint density at radius 3 is 2.17 bits per heavy atom. The second-order valence-corrected chi connectivity index (χ2v) is 12.6. The van der Waals surface area contributed by atoms with Gasteiger partial charge in [-0.15, -0.1) is 0 Å². The molecule has 3 N–H and O–H groups in total. The van der Waals surface area contributed by atoms with Crippen molar-refractivity contribution in [1.29, 1.82) is 0 Å². The van der Waals surface area contributed by atoms with Crippen LogP contribution in [-0.4, -0.2) is 52.0 Å². The number of rotatable bonds is 6. The van der Waals surface area contributed by atoms with Gasteiger partial charge in [-0.3, -0.25) is 9.59 Å². The monoisotopic (exact) mass is 588 g/mol. The number of carbonyl (C=O) groups excluding carboxylic acids is 2. The third-order valence-corrected chi connectivity index (χ3v) is 9.30. The van der Waals surface area contributed by atoms with Crippen molar-refractivity contribution in [2.45, 2.75) is 57.6 Å². The molecule has 2 amide bonds. The average Bonchev–Trinajstić information content (AvgIpc) is 2.99. The molecule has 1 saturated heterocycles. The number of nitrogens with one attached hydrogen (secondary N) is 1. The van der Waals surface area contributed by atoms with Crippen LogP contribution in [0.15, 0.2) is 72.8 Å². The number of aliphatic hydroxyl groups is 1. The normalized spacial score (nSPS) is 23.7. The molecule has 1 aliphatic heterocycles. The first-order chi connectivity index (χ1) is 20.0. The lowest BCUT2D eigenvalue weighted by molar-refractivity contribution is -0.158. The lowest BCUT2D eigenvalue weighted by Gasteiger charge is -2.51. The van der Waals surface area contributed by atoms with Gasteiger partial charge in [0.25, 0.3) is 5.91 Å². The molecule has 0 aromatic heterocycles. The lowest BCUT2D eigenvalue weighted by atomic mass is 9.66. The zero-order valence-electron chi connectivity index (χ0n) is 24.0. The first-order valence-corrected chi connectivity index (χ1v) is 14.9. The minimum Gasteiger partial charge on any atom is -0.478 e. The third-order valence-electron chi connectivity index (χ3n) is 9.05. The first kappa shape index (κ1) is 29.8. The molecule has 3 atom stereocenters. The van der Waals surface area contributed by atoms with Gasteiger partial charge in [0.2, 0.25) is 5.91 Å². The van der Waals surface area contributed by atoms with E-state index in [1.54, 1.807) is 42.5 Å². The van der Waals surface area contributed by atoms with E-state index in [2.05, 4.69) is 5.32 Å². The first-order valence-electron chi connectivity index (χ1n) is 14.5. The second-order valence-electron chi connectivity index (χ2n) is 12.2. The summed E-state index contributed by atoms with van der Waals surface area (Å²) >= 11 is 6.07. The lowest BCUT2D eigenvalue weighted by Crippen LogP contribution is -2.59. The molecule has 0 radical (unpaired) electrons. The van der Waals surface area contributed by atoms with Crippen LogP contribution in [0.3, 0.4) is 0 Å². The third kappa shape index (κ3) is 5.94. The SMILES string of the molecule is CC1(C)CN(C(=O)C2CCCCC2NC(=O)c2cccc(-c3cccc(C(=O)O)c3)c2)CCC1(O)c1ccc(Cl)cc1. The molecule has 7 nitrogen and oxygen atoms in total. The van der Waals surface area contributed by atoms with Gasteiger partial charge in [0.1, 0.15) is 0 Å². The van der Waals surface area contributed by atoms with Crippen molar-refractivity contribution in [2.24, 2.45) is 11.3 Å². The maximum absolute atomic E-state index is 13.9. The number of carboxylic acids is 1. The summed E-state index contributed by atoms with van der Waals surface area (Å²) in [7, 11) is 0. The Labute approximate surface area is 251 Å². The highest BCUT2D eigenvalue weighted by molar-refractivity contribution is 6.30. The van der Waals surface area contributed by atoms with E-state index >= 15 is 0 Å². The molecule has 8 heteroatoms. The minimum absolute atomic E-state index is 0.0190. The van der Waals surface area contributed by atoms with Gasteiger partial charge >= 0.3 is 5.97 Å². The number of hydrogen-bond acceptors (Lipinski definition) is 4. The summed E-state index contributed by atoms with van der Waals surface area (Å²) in [5.74, 6) is -1.58. The van der Waals surface area contributed by atoms with Crippen LogP contribution in [0, 0.1) is 11.3 Å². The van der Waals surface area contributed by atoms with Crippen molar-refractivity contribution < 1.29 is 24.6 Å². The molecule has 3 unspecified atom stereocenters. The van der Waals surface area contributed by atoms with Gasteiger partial charge in [-0.25, -0.2) is 4.79 Å². The molecule has 0 spiro atoms. The fourth-order valence-corrected chi connectivity index (χ4v) is 6.65. The van der Waals surface area contributed by atoms with E-state index in [-0.39, 0.29) is 29.3 Å². The zero-order chi connectivity index (χ0) is 30.1. The highest BCUT2D eigenvalue weighted by Gasteiger charge is 2.50. The van der Waals surface area contributed by atoms with Gasteiger partial charge in [-0.2, -0.15) is 0 Å². The number of halogens is 1. The summed E-state index contributed by atoms with van der Waals surface area (Å²) in [4.78, 5) is 40.6. The van der Waals surface area contributed by atoms with Crippen molar-refractivity contribution in [1.82, 2.24) is 10.2 Å². The molecule has 1 aliphatic carbocycles. The van der Waals surface area contributed by atoms with Gasteiger partial charge in [0, 0.05) is 35.1 Å². The number of piperidine rings is 1.